The number of nitrogens with zero attached hydrogens (tertiary/aromatic N) is 3. The van der Waals surface area contributed by atoms with Crippen LogP contribution in [0.3, 0.4) is 0 Å². The smallest absolute Gasteiger partial charge is 0.123 e. The van der Waals surface area contributed by atoms with Gasteiger partial charge in [0.25, 0.3) is 0 Å². The Labute approximate surface area is 136 Å². The van der Waals surface area contributed by atoms with E-state index in [0.717, 1.165) is 23.3 Å². The second kappa shape index (κ2) is 7.72. The molecule has 2 unspecified atom stereocenters. The van der Waals surface area contributed by atoms with Crippen LogP contribution in [0.25, 0.3) is 0 Å². The lowest BCUT2D eigenvalue weighted by Crippen LogP contribution is -2.36. The van der Waals surface area contributed by atoms with Crippen molar-refractivity contribution in [2.24, 2.45) is 5.41 Å². The summed E-state index contributed by atoms with van der Waals surface area (Å²) in [5.41, 5.74) is 0.621. The monoisotopic (exact) mass is 361 g/mol. The molecule has 0 spiro atoms. The lowest BCUT2D eigenvalue weighted by molar-refractivity contribution is -0.0928. The van der Waals surface area contributed by atoms with E-state index >= 15 is 0 Å². The molecule has 0 aromatic carbocycles. The lowest BCUT2D eigenvalue weighted by Gasteiger charge is -2.34. The summed E-state index contributed by atoms with van der Waals surface area (Å²) in [6.07, 6.45) is 0.734. The molecule has 21 heavy (non-hydrogen) atoms. The van der Waals surface area contributed by atoms with E-state index in [0.29, 0.717) is 6.61 Å². The number of likely N-dealkylation sites (N-methyl/N-ethyl adjacent to an activating group) is 1. The van der Waals surface area contributed by atoms with E-state index in [1.807, 2.05) is 25.7 Å². The Morgan fingerprint density at radius 1 is 1.43 bits per heavy atom. The second-order valence-electron chi connectivity index (χ2n) is 6.59. The molecule has 0 saturated heterocycles. The number of rotatable bonds is 7. The fraction of sp³-hybridized carbons (Fsp3) is 0.800. The fourth-order valence-electron chi connectivity index (χ4n) is 2.28. The molecular weight excluding hydrogens is 334 g/mol. The molecule has 1 heterocycles. The van der Waals surface area contributed by atoms with E-state index in [4.69, 9.17) is 4.74 Å². The number of hydrogen-bond donors (Lipinski definition) is 1. The topological polar surface area (TPSA) is 50.5 Å². The maximum Gasteiger partial charge on any atom is 0.123 e. The number of aromatic nitrogens is 2. The summed E-state index contributed by atoms with van der Waals surface area (Å²) in [5, 5.41) is 15.2. The van der Waals surface area contributed by atoms with E-state index in [-0.39, 0.29) is 11.5 Å². The summed E-state index contributed by atoms with van der Waals surface area (Å²) < 4.78 is 8.48. The van der Waals surface area contributed by atoms with Gasteiger partial charge in [-0.3, -0.25) is 4.68 Å². The van der Waals surface area contributed by atoms with Gasteiger partial charge >= 0.3 is 0 Å². The Morgan fingerprint density at radius 2 is 2.05 bits per heavy atom. The third kappa shape index (κ3) is 5.06. The molecule has 1 aromatic heterocycles. The minimum atomic E-state index is -0.719. The van der Waals surface area contributed by atoms with Crippen LogP contribution in [-0.2, 0) is 11.3 Å². The summed E-state index contributed by atoms with van der Waals surface area (Å²) in [4.78, 5) is 2.09. The summed E-state index contributed by atoms with van der Waals surface area (Å²) in [6, 6.07) is 0. The molecular formula is C15H28BrN3O2. The highest BCUT2D eigenvalue weighted by Gasteiger charge is 2.35. The Kier molecular flexibility index (Phi) is 6.84. The largest absolute Gasteiger partial charge is 0.384 e. The zero-order valence-corrected chi connectivity index (χ0v) is 15.5. The normalized spacial score (nSPS) is 15.5. The van der Waals surface area contributed by atoms with E-state index in [9.17, 15) is 5.11 Å². The van der Waals surface area contributed by atoms with Crippen LogP contribution in [-0.4, -0.2) is 53.1 Å². The van der Waals surface area contributed by atoms with Gasteiger partial charge in [0, 0.05) is 13.2 Å². The number of aliphatic hydroxyl groups excluding tert-OH is 1. The van der Waals surface area contributed by atoms with Gasteiger partial charge < -0.3 is 14.7 Å². The average Bonchev–Trinajstić information content (AvgIpc) is 2.72. The minimum Gasteiger partial charge on any atom is -0.384 e. The highest BCUT2D eigenvalue weighted by Crippen LogP contribution is 2.35. The first-order chi connectivity index (χ1) is 9.68. The lowest BCUT2D eigenvalue weighted by atomic mass is 9.84. The summed E-state index contributed by atoms with van der Waals surface area (Å²) >= 11 is 3.50. The molecule has 0 bridgehead atoms. The molecule has 1 N–H and O–H groups in total. The molecule has 0 fully saturated rings. The van der Waals surface area contributed by atoms with Crippen molar-refractivity contribution < 1.29 is 9.84 Å². The molecule has 122 valence electrons. The molecule has 5 nitrogen and oxygen atoms in total. The van der Waals surface area contributed by atoms with Crippen molar-refractivity contribution in [3.63, 3.8) is 0 Å². The number of aliphatic hydroxyl groups is 1. The van der Waals surface area contributed by atoms with E-state index in [2.05, 4.69) is 46.7 Å². The van der Waals surface area contributed by atoms with Gasteiger partial charge in [0.2, 0.25) is 0 Å². The predicted molar refractivity (Wildman–Crippen MR) is 88.3 cm³/mol. The van der Waals surface area contributed by atoms with Gasteiger partial charge in [-0.25, -0.2) is 0 Å². The van der Waals surface area contributed by atoms with Gasteiger partial charge in [-0.05, 0) is 42.4 Å². The zero-order valence-electron chi connectivity index (χ0n) is 13.9. The van der Waals surface area contributed by atoms with Crippen molar-refractivity contribution in [1.29, 1.82) is 0 Å². The van der Waals surface area contributed by atoms with Gasteiger partial charge in [0.15, 0.2) is 0 Å². The van der Waals surface area contributed by atoms with E-state index < -0.39 is 6.10 Å². The molecule has 6 heteroatoms. The Balaban J connectivity index is 3.04. The molecule has 0 amide bonds. The molecule has 0 radical (unpaired) electrons. The van der Waals surface area contributed by atoms with Gasteiger partial charge in [0.05, 0.1) is 29.0 Å². The first kappa shape index (κ1) is 18.6. The molecule has 0 aliphatic carbocycles. The number of ether oxygens (including phenoxy) is 1. The van der Waals surface area contributed by atoms with Crippen LogP contribution >= 0.6 is 15.9 Å². The Bertz CT molecular complexity index is 441. The SMILES string of the molecule is CCOC(C(O)c1c(Br)cnn1CCN(C)C)C(C)(C)C. The van der Waals surface area contributed by atoms with Crippen molar-refractivity contribution in [1.82, 2.24) is 14.7 Å². The highest BCUT2D eigenvalue weighted by molar-refractivity contribution is 9.10. The quantitative estimate of drug-likeness (QED) is 0.810. The third-order valence-electron chi connectivity index (χ3n) is 3.36. The third-order valence-corrected chi connectivity index (χ3v) is 3.97. The van der Waals surface area contributed by atoms with Crippen LogP contribution in [0, 0.1) is 5.41 Å². The number of halogens is 1. The number of hydrogen-bond acceptors (Lipinski definition) is 4. The summed E-state index contributed by atoms with van der Waals surface area (Å²) in [6.45, 7) is 10.3. The van der Waals surface area contributed by atoms with Gasteiger partial charge in [0.1, 0.15) is 6.10 Å². The summed E-state index contributed by atoms with van der Waals surface area (Å²) in [5.74, 6) is 0. The van der Waals surface area contributed by atoms with Crippen molar-refractivity contribution >= 4 is 15.9 Å². The van der Waals surface area contributed by atoms with Crippen LogP contribution in [0.2, 0.25) is 0 Å². The molecule has 0 saturated carbocycles. The van der Waals surface area contributed by atoms with Crippen molar-refractivity contribution in [2.75, 3.05) is 27.2 Å². The Hall–Kier alpha value is -0.430. The van der Waals surface area contributed by atoms with Crippen molar-refractivity contribution in [3.05, 3.63) is 16.4 Å². The maximum atomic E-state index is 10.8. The predicted octanol–water partition coefficient (Wildman–Crippen LogP) is 2.69. The Morgan fingerprint density at radius 3 is 2.52 bits per heavy atom. The first-order valence-corrected chi connectivity index (χ1v) is 8.13. The minimum absolute atomic E-state index is 0.161. The molecule has 0 aliphatic heterocycles. The second-order valence-corrected chi connectivity index (χ2v) is 7.45. The zero-order chi connectivity index (χ0) is 16.2. The van der Waals surface area contributed by atoms with Gasteiger partial charge in [-0.15, -0.1) is 0 Å². The summed E-state index contributed by atoms with van der Waals surface area (Å²) in [7, 11) is 4.04. The fourth-order valence-corrected chi connectivity index (χ4v) is 2.81. The average molecular weight is 362 g/mol. The van der Waals surface area contributed by atoms with Gasteiger partial charge in [-0.2, -0.15) is 5.10 Å². The molecule has 1 aromatic rings. The molecule has 0 aliphatic rings. The molecule has 1 rings (SSSR count). The first-order valence-electron chi connectivity index (χ1n) is 7.34. The van der Waals surface area contributed by atoms with Crippen LogP contribution in [0.5, 0.6) is 0 Å². The van der Waals surface area contributed by atoms with E-state index in [1.54, 1.807) is 6.20 Å². The standard InChI is InChI=1S/C15H28BrN3O2/c1-7-21-14(15(2,3)4)13(20)12-11(16)10-17-19(12)9-8-18(5)6/h10,13-14,20H,7-9H2,1-6H3. The highest BCUT2D eigenvalue weighted by atomic mass is 79.9. The van der Waals surface area contributed by atoms with Crippen LogP contribution in [0.15, 0.2) is 10.7 Å². The van der Waals surface area contributed by atoms with E-state index in [1.165, 1.54) is 0 Å². The van der Waals surface area contributed by atoms with Crippen LogP contribution in [0.1, 0.15) is 39.5 Å². The van der Waals surface area contributed by atoms with Gasteiger partial charge in [-0.1, -0.05) is 20.8 Å². The van der Waals surface area contributed by atoms with Crippen molar-refractivity contribution in [2.45, 2.75) is 46.4 Å². The van der Waals surface area contributed by atoms with Crippen LogP contribution < -0.4 is 0 Å². The van der Waals surface area contributed by atoms with Crippen molar-refractivity contribution in [3.8, 4) is 0 Å². The maximum absolute atomic E-state index is 10.8. The molecule has 2 atom stereocenters. The van der Waals surface area contributed by atoms with Crippen LogP contribution in [0.4, 0.5) is 0 Å².